The first-order chi connectivity index (χ1) is 11.2. The zero-order valence-electron chi connectivity index (χ0n) is 12.7. The highest BCUT2D eigenvalue weighted by Crippen LogP contribution is 2.33. The summed E-state index contributed by atoms with van der Waals surface area (Å²) in [6.45, 7) is 0. The largest absolute Gasteiger partial charge is 0.468 e. The van der Waals surface area contributed by atoms with E-state index in [1.807, 2.05) is 0 Å². The minimum atomic E-state index is -0.0405. The van der Waals surface area contributed by atoms with Gasteiger partial charge in [0.2, 0.25) is 0 Å². The lowest BCUT2D eigenvalue weighted by molar-refractivity contribution is 0.0935. The van der Waals surface area contributed by atoms with E-state index in [0.29, 0.717) is 33.9 Å². The highest BCUT2D eigenvalue weighted by atomic mass is 32.1. The highest BCUT2D eigenvalue weighted by Gasteiger charge is 2.39. The minimum absolute atomic E-state index is 0.0405. The van der Waals surface area contributed by atoms with Gasteiger partial charge in [-0.05, 0) is 31.4 Å². The van der Waals surface area contributed by atoms with Crippen LogP contribution in [-0.4, -0.2) is 31.1 Å². The van der Waals surface area contributed by atoms with E-state index in [2.05, 4.69) is 10.6 Å². The number of furan rings is 1. The van der Waals surface area contributed by atoms with Gasteiger partial charge in [-0.1, -0.05) is 11.3 Å². The van der Waals surface area contributed by atoms with Crippen LogP contribution in [0, 0.1) is 0 Å². The first kappa shape index (κ1) is 14.6. The summed E-state index contributed by atoms with van der Waals surface area (Å²) in [7, 11) is 1.53. The van der Waals surface area contributed by atoms with Crippen LogP contribution in [0.4, 0.5) is 0 Å². The molecule has 0 aromatic carbocycles. The van der Waals surface area contributed by atoms with Crippen LogP contribution in [0.5, 0.6) is 17.0 Å². The van der Waals surface area contributed by atoms with E-state index in [1.165, 1.54) is 24.9 Å². The first-order valence-corrected chi connectivity index (χ1v) is 8.51. The molecule has 1 amide bonds. The van der Waals surface area contributed by atoms with Crippen LogP contribution >= 0.6 is 11.3 Å². The van der Waals surface area contributed by atoms with E-state index in [1.54, 1.807) is 24.3 Å². The number of thiophene rings is 1. The predicted octanol–water partition coefficient (Wildman–Crippen LogP) is 2.76. The van der Waals surface area contributed by atoms with Gasteiger partial charge < -0.3 is 24.5 Å². The summed E-state index contributed by atoms with van der Waals surface area (Å²) in [5, 5.41) is 7.26. The van der Waals surface area contributed by atoms with Crippen molar-refractivity contribution in [3.05, 3.63) is 29.1 Å². The van der Waals surface area contributed by atoms with Crippen molar-refractivity contribution in [1.82, 2.24) is 10.6 Å². The summed E-state index contributed by atoms with van der Waals surface area (Å²) in [5.74, 6) is 0.687. The van der Waals surface area contributed by atoms with Gasteiger partial charge in [0.05, 0.1) is 12.0 Å². The maximum absolute atomic E-state index is 12.4. The third-order valence-electron chi connectivity index (χ3n) is 4.38. The molecule has 3 atom stereocenters. The van der Waals surface area contributed by atoms with E-state index in [0.717, 1.165) is 12.8 Å². The van der Waals surface area contributed by atoms with Crippen LogP contribution in [0.2, 0.25) is 0 Å². The van der Waals surface area contributed by atoms with Crippen LogP contribution in [-0.2, 0) is 0 Å². The second kappa shape index (κ2) is 5.90. The molecule has 122 valence electrons. The number of carbonyl (C=O) groups is 1. The van der Waals surface area contributed by atoms with E-state index >= 15 is 0 Å². The average Bonchev–Trinajstić information content (AvgIpc) is 3.32. The lowest BCUT2D eigenvalue weighted by atomic mass is 9.95. The van der Waals surface area contributed by atoms with Crippen LogP contribution in [0.1, 0.15) is 28.9 Å². The fourth-order valence-corrected chi connectivity index (χ4v) is 4.05. The smallest absolute Gasteiger partial charge is 0.293 e. The Kier molecular flexibility index (Phi) is 3.74. The summed E-state index contributed by atoms with van der Waals surface area (Å²) in [6, 6.07) is 8.14. The monoisotopic (exact) mass is 334 g/mol. The number of amides is 1. The van der Waals surface area contributed by atoms with Crippen molar-refractivity contribution in [2.24, 2.45) is 0 Å². The van der Waals surface area contributed by atoms with Crippen molar-refractivity contribution in [2.45, 2.75) is 37.4 Å². The van der Waals surface area contributed by atoms with Crippen molar-refractivity contribution in [2.75, 3.05) is 7.11 Å². The van der Waals surface area contributed by atoms with Gasteiger partial charge in [-0.3, -0.25) is 4.79 Å². The van der Waals surface area contributed by atoms with Gasteiger partial charge in [-0.25, -0.2) is 0 Å². The second-order valence-electron chi connectivity index (χ2n) is 5.86. The molecule has 3 unspecified atom stereocenters. The standard InChI is InChI=1S/C16H18N2O4S/c1-20-13-5-6-14(21-13)22-15-7-4-12(23-15)16(19)18-11-8-9-2-3-10(11)17-9/h4-7,9-11,17H,2-3,8H2,1H3,(H,18,19). The van der Waals surface area contributed by atoms with Crippen molar-refractivity contribution in [3.8, 4) is 17.0 Å². The molecule has 4 heterocycles. The quantitative estimate of drug-likeness (QED) is 0.880. The fraction of sp³-hybridized carbons (Fsp3) is 0.438. The lowest BCUT2D eigenvalue weighted by Crippen LogP contribution is -2.42. The van der Waals surface area contributed by atoms with Crippen molar-refractivity contribution >= 4 is 17.2 Å². The second-order valence-corrected chi connectivity index (χ2v) is 6.91. The topological polar surface area (TPSA) is 72.7 Å². The summed E-state index contributed by atoms with van der Waals surface area (Å²) >= 11 is 1.30. The molecule has 7 heteroatoms. The van der Waals surface area contributed by atoms with E-state index in [9.17, 15) is 4.79 Å². The van der Waals surface area contributed by atoms with Crippen LogP contribution in [0.25, 0.3) is 0 Å². The molecule has 6 nitrogen and oxygen atoms in total. The Bertz CT molecular complexity index is 711. The normalized spacial score (nSPS) is 25.5. The first-order valence-electron chi connectivity index (χ1n) is 7.69. The molecule has 4 rings (SSSR count). The van der Waals surface area contributed by atoms with Crippen molar-refractivity contribution in [1.29, 1.82) is 0 Å². The molecule has 2 bridgehead atoms. The van der Waals surface area contributed by atoms with E-state index < -0.39 is 0 Å². The van der Waals surface area contributed by atoms with Crippen molar-refractivity contribution in [3.63, 3.8) is 0 Å². The number of ether oxygens (including phenoxy) is 2. The zero-order valence-corrected chi connectivity index (χ0v) is 13.5. The molecule has 23 heavy (non-hydrogen) atoms. The molecule has 2 fully saturated rings. The maximum Gasteiger partial charge on any atom is 0.293 e. The Morgan fingerprint density at radius 1 is 1.30 bits per heavy atom. The Balaban J connectivity index is 1.38. The number of methoxy groups -OCH3 is 1. The Hall–Kier alpha value is -1.99. The molecule has 2 aliphatic rings. The molecule has 0 radical (unpaired) electrons. The molecule has 2 N–H and O–H groups in total. The zero-order chi connectivity index (χ0) is 15.8. The maximum atomic E-state index is 12.4. The summed E-state index contributed by atoms with van der Waals surface area (Å²) in [5.41, 5.74) is 0. The van der Waals surface area contributed by atoms with E-state index in [-0.39, 0.29) is 11.9 Å². The molecule has 2 saturated heterocycles. The van der Waals surface area contributed by atoms with Crippen LogP contribution < -0.4 is 20.1 Å². The Labute approximate surface area is 137 Å². The van der Waals surface area contributed by atoms with Gasteiger partial charge in [-0.15, -0.1) is 0 Å². The van der Waals surface area contributed by atoms with Crippen molar-refractivity contribution < 1.29 is 18.7 Å². The number of rotatable bonds is 5. The molecule has 2 aliphatic heterocycles. The molecule has 0 spiro atoms. The average molecular weight is 334 g/mol. The summed E-state index contributed by atoms with van der Waals surface area (Å²) in [6.07, 6.45) is 3.40. The van der Waals surface area contributed by atoms with Crippen LogP contribution in [0.15, 0.2) is 28.7 Å². The highest BCUT2D eigenvalue weighted by molar-refractivity contribution is 7.15. The summed E-state index contributed by atoms with van der Waals surface area (Å²) < 4.78 is 15.9. The summed E-state index contributed by atoms with van der Waals surface area (Å²) in [4.78, 5) is 13.0. The number of hydrogen-bond acceptors (Lipinski definition) is 6. The Morgan fingerprint density at radius 2 is 2.17 bits per heavy atom. The molecule has 0 saturated carbocycles. The van der Waals surface area contributed by atoms with Gasteiger partial charge >= 0.3 is 0 Å². The predicted molar refractivity (Wildman–Crippen MR) is 85.5 cm³/mol. The van der Waals surface area contributed by atoms with E-state index in [4.69, 9.17) is 13.9 Å². The third kappa shape index (κ3) is 2.94. The lowest BCUT2D eigenvalue weighted by Gasteiger charge is -2.20. The van der Waals surface area contributed by atoms with Crippen LogP contribution in [0.3, 0.4) is 0 Å². The van der Waals surface area contributed by atoms with Gasteiger partial charge in [-0.2, -0.15) is 0 Å². The fourth-order valence-electron chi connectivity index (χ4n) is 3.29. The molecule has 2 aromatic heterocycles. The number of fused-ring (bicyclic) bond motifs is 2. The molecular weight excluding hydrogens is 316 g/mol. The van der Waals surface area contributed by atoms with Gasteiger partial charge in [0, 0.05) is 30.3 Å². The molecular formula is C16H18N2O4S. The minimum Gasteiger partial charge on any atom is -0.468 e. The number of carbonyl (C=O) groups excluding carboxylic acids is 1. The Morgan fingerprint density at radius 3 is 2.87 bits per heavy atom. The number of nitrogens with one attached hydrogen (secondary N) is 2. The molecule has 2 aromatic rings. The SMILES string of the molecule is COc1ccc(Oc2ccc(C(=O)NC3CC4CCC3N4)s2)o1. The third-order valence-corrected chi connectivity index (χ3v) is 5.34. The number of hydrogen-bond donors (Lipinski definition) is 2. The van der Waals surface area contributed by atoms with Gasteiger partial charge in [0.15, 0.2) is 5.06 Å². The molecule has 0 aliphatic carbocycles. The van der Waals surface area contributed by atoms with Gasteiger partial charge in [0.1, 0.15) is 0 Å². The van der Waals surface area contributed by atoms with Gasteiger partial charge in [0.25, 0.3) is 17.8 Å².